The van der Waals surface area contributed by atoms with Crippen molar-refractivity contribution in [3.8, 4) is 9.88 Å². The third-order valence-electron chi connectivity index (χ3n) is 4.49. The first kappa shape index (κ1) is 18.2. The molecule has 0 spiro atoms. The number of hydrogen-bond acceptors (Lipinski definition) is 8. The molecule has 0 radical (unpaired) electrons. The highest BCUT2D eigenvalue weighted by atomic mass is 79.9. The fourth-order valence-electron chi connectivity index (χ4n) is 3.07. The number of hydrogen-bond donors (Lipinski definition) is 0. The van der Waals surface area contributed by atoms with Crippen LogP contribution in [0.4, 0.5) is 5.13 Å². The lowest BCUT2D eigenvalue weighted by Gasteiger charge is -2.34. The molecule has 0 unspecified atom stereocenters. The van der Waals surface area contributed by atoms with Crippen molar-refractivity contribution in [3.63, 3.8) is 0 Å². The Morgan fingerprint density at radius 1 is 1.11 bits per heavy atom. The molecule has 6 nitrogen and oxygen atoms in total. The first-order chi connectivity index (χ1) is 13.7. The molecule has 0 N–H and O–H groups in total. The predicted molar refractivity (Wildman–Crippen MR) is 119 cm³/mol. The van der Waals surface area contributed by atoms with Gasteiger partial charge in [0.25, 0.3) is 5.91 Å². The first-order valence-corrected chi connectivity index (χ1v) is 12.0. The number of thiazole rings is 2. The van der Waals surface area contributed by atoms with Crippen molar-refractivity contribution in [2.45, 2.75) is 0 Å². The van der Waals surface area contributed by atoms with Gasteiger partial charge in [-0.3, -0.25) is 4.79 Å². The summed E-state index contributed by atoms with van der Waals surface area (Å²) in [5.74, 6) is 0.00346. The van der Waals surface area contributed by atoms with Crippen LogP contribution < -0.4 is 4.90 Å². The molecule has 1 aliphatic heterocycles. The molecule has 1 amide bonds. The Balaban J connectivity index is 1.26. The molecule has 0 aromatic carbocycles. The molecule has 0 atom stereocenters. The molecule has 4 aromatic heterocycles. The molecule has 142 valence electrons. The topological polar surface area (TPSA) is 62.2 Å². The number of amides is 1. The zero-order valence-corrected chi connectivity index (χ0v) is 18.6. The van der Waals surface area contributed by atoms with Gasteiger partial charge in [0.1, 0.15) is 21.0 Å². The Kier molecular flexibility index (Phi) is 4.87. The zero-order valence-electron chi connectivity index (χ0n) is 14.5. The minimum absolute atomic E-state index is 0.00346. The SMILES string of the molecule is O=C(c1csc(-c2cc(Br)cs2)n1)N1CCN(c2nc3cccnc3s2)CC1. The van der Waals surface area contributed by atoms with Gasteiger partial charge in [0, 0.05) is 47.6 Å². The Morgan fingerprint density at radius 3 is 2.71 bits per heavy atom. The van der Waals surface area contributed by atoms with Crippen LogP contribution in [0.1, 0.15) is 10.5 Å². The number of thiophene rings is 1. The summed E-state index contributed by atoms with van der Waals surface area (Å²) in [7, 11) is 0. The number of nitrogens with zero attached hydrogens (tertiary/aromatic N) is 5. The summed E-state index contributed by atoms with van der Waals surface area (Å²) in [6, 6.07) is 5.91. The average Bonchev–Trinajstić information content (AvgIpc) is 3.46. The van der Waals surface area contributed by atoms with Gasteiger partial charge in [-0.1, -0.05) is 11.3 Å². The molecule has 28 heavy (non-hydrogen) atoms. The zero-order chi connectivity index (χ0) is 19.1. The molecule has 0 aliphatic carbocycles. The standard InChI is InChI=1S/C18H14BrN5OS3/c19-11-8-14(26-9-11)16-21-13(10-27-16)17(25)23-4-6-24(7-5-23)18-22-12-2-1-3-20-15(12)28-18/h1-3,8-10H,4-7H2. The quantitative estimate of drug-likeness (QED) is 0.418. The van der Waals surface area contributed by atoms with E-state index in [1.54, 1.807) is 28.9 Å². The number of carbonyl (C=O) groups excluding carboxylic acids is 1. The molecule has 1 saturated heterocycles. The second-order valence-corrected chi connectivity index (χ2v) is 9.91. The Hall–Kier alpha value is -1.88. The monoisotopic (exact) mass is 491 g/mol. The number of rotatable bonds is 3. The van der Waals surface area contributed by atoms with Gasteiger partial charge in [0.15, 0.2) is 5.13 Å². The Morgan fingerprint density at radius 2 is 1.96 bits per heavy atom. The van der Waals surface area contributed by atoms with E-state index in [4.69, 9.17) is 0 Å². The lowest BCUT2D eigenvalue weighted by atomic mass is 10.3. The maximum absolute atomic E-state index is 12.9. The molecule has 10 heteroatoms. The van der Waals surface area contributed by atoms with E-state index >= 15 is 0 Å². The van der Waals surface area contributed by atoms with E-state index < -0.39 is 0 Å². The van der Waals surface area contributed by atoms with Gasteiger partial charge in [0.05, 0.1) is 4.88 Å². The number of carbonyl (C=O) groups is 1. The fourth-order valence-corrected chi connectivity index (χ4v) is 6.33. The minimum Gasteiger partial charge on any atom is -0.344 e. The van der Waals surface area contributed by atoms with Crippen molar-refractivity contribution in [2.75, 3.05) is 31.1 Å². The molecule has 4 aromatic rings. The summed E-state index contributed by atoms with van der Waals surface area (Å²) in [6.07, 6.45) is 1.79. The van der Waals surface area contributed by atoms with Gasteiger partial charge in [-0.25, -0.2) is 15.0 Å². The molecular formula is C18H14BrN5OS3. The van der Waals surface area contributed by atoms with Crippen LogP contribution in [0.25, 0.3) is 20.2 Å². The lowest BCUT2D eigenvalue weighted by Crippen LogP contribution is -2.48. The van der Waals surface area contributed by atoms with Crippen molar-refractivity contribution in [1.29, 1.82) is 0 Å². The van der Waals surface area contributed by atoms with Crippen LogP contribution in [-0.4, -0.2) is 51.9 Å². The number of halogens is 1. The smallest absolute Gasteiger partial charge is 0.273 e. The second kappa shape index (κ2) is 7.51. The normalized spacial score (nSPS) is 14.8. The third-order valence-corrected chi connectivity index (χ3v) is 8.24. The fraction of sp³-hybridized carbons (Fsp3) is 0.222. The molecular weight excluding hydrogens is 478 g/mol. The van der Waals surface area contributed by atoms with E-state index in [1.807, 2.05) is 33.9 Å². The molecule has 0 bridgehead atoms. The summed E-state index contributed by atoms with van der Waals surface area (Å²) >= 11 is 8.20. The summed E-state index contributed by atoms with van der Waals surface area (Å²) < 4.78 is 1.04. The van der Waals surface area contributed by atoms with Crippen molar-refractivity contribution in [2.24, 2.45) is 0 Å². The van der Waals surface area contributed by atoms with Crippen LogP contribution in [0, 0.1) is 0 Å². The molecule has 5 heterocycles. The summed E-state index contributed by atoms with van der Waals surface area (Å²) in [5.41, 5.74) is 1.46. The van der Waals surface area contributed by atoms with Crippen molar-refractivity contribution >= 4 is 71.3 Å². The van der Waals surface area contributed by atoms with Crippen molar-refractivity contribution in [3.05, 3.63) is 45.3 Å². The first-order valence-electron chi connectivity index (χ1n) is 8.63. The number of pyridine rings is 1. The molecule has 1 fully saturated rings. The molecule has 0 saturated carbocycles. The molecule has 1 aliphatic rings. The number of piperazine rings is 1. The number of anilines is 1. The van der Waals surface area contributed by atoms with Crippen molar-refractivity contribution < 1.29 is 4.79 Å². The van der Waals surface area contributed by atoms with E-state index in [9.17, 15) is 4.79 Å². The average molecular weight is 492 g/mol. The van der Waals surface area contributed by atoms with Gasteiger partial charge in [-0.05, 0) is 34.1 Å². The number of aromatic nitrogens is 3. The predicted octanol–water partition coefficient (Wildman–Crippen LogP) is 4.60. The van der Waals surface area contributed by atoms with Crippen LogP contribution in [0.3, 0.4) is 0 Å². The minimum atomic E-state index is 0.00346. The van der Waals surface area contributed by atoms with Gasteiger partial charge in [-0.15, -0.1) is 22.7 Å². The third kappa shape index (κ3) is 3.45. The maximum Gasteiger partial charge on any atom is 0.273 e. The van der Waals surface area contributed by atoms with E-state index in [-0.39, 0.29) is 5.91 Å². The van der Waals surface area contributed by atoms with Crippen LogP contribution in [0.2, 0.25) is 0 Å². The van der Waals surface area contributed by atoms with Crippen LogP contribution in [0.5, 0.6) is 0 Å². The largest absolute Gasteiger partial charge is 0.344 e. The van der Waals surface area contributed by atoms with Gasteiger partial charge in [0.2, 0.25) is 0 Å². The van der Waals surface area contributed by atoms with E-state index in [1.165, 1.54) is 11.3 Å². The second-order valence-electron chi connectivity index (χ2n) is 6.27. The summed E-state index contributed by atoms with van der Waals surface area (Å²) in [6.45, 7) is 2.86. The van der Waals surface area contributed by atoms with E-state index in [0.29, 0.717) is 18.8 Å². The van der Waals surface area contributed by atoms with E-state index in [0.717, 1.165) is 42.9 Å². The van der Waals surface area contributed by atoms with Crippen LogP contribution in [0.15, 0.2) is 39.6 Å². The lowest BCUT2D eigenvalue weighted by molar-refractivity contribution is 0.0742. The van der Waals surface area contributed by atoms with E-state index in [2.05, 4.69) is 35.8 Å². The molecule has 5 rings (SSSR count). The Labute approximate surface area is 181 Å². The number of fused-ring (bicyclic) bond motifs is 1. The van der Waals surface area contributed by atoms with Crippen LogP contribution in [-0.2, 0) is 0 Å². The summed E-state index contributed by atoms with van der Waals surface area (Å²) in [4.78, 5) is 32.6. The van der Waals surface area contributed by atoms with Gasteiger partial charge in [-0.2, -0.15) is 0 Å². The van der Waals surface area contributed by atoms with Gasteiger partial charge >= 0.3 is 0 Å². The maximum atomic E-state index is 12.9. The summed E-state index contributed by atoms with van der Waals surface area (Å²) in [5, 5.41) is 5.74. The van der Waals surface area contributed by atoms with Crippen molar-refractivity contribution in [1.82, 2.24) is 19.9 Å². The highest BCUT2D eigenvalue weighted by Gasteiger charge is 2.25. The Bertz CT molecular complexity index is 1110. The highest BCUT2D eigenvalue weighted by molar-refractivity contribution is 9.10. The van der Waals surface area contributed by atoms with Crippen LogP contribution >= 0.6 is 49.9 Å². The highest BCUT2D eigenvalue weighted by Crippen LogP contribution is 2.32. The van der Waals surface area contributed by atoms with Gasteiger partial charge < -0.3 is 9.80 Å².